The zero-order valence-corrected chi connectivity index (χ0v) is 11.0. The van der Waals surface area contributed by atoms with E-state index in [1.165, 1.54) is 0 Å². The van der Waals surface area contributed by atoms with Crippen LogP contribution in [0.3, 0.4) is 0 Å². The van der Waals surface area contributed by atoms with Gasteiger partial charge in [0.15, 0.2) is 5.78 Å². The van der Waals surface area contributed by atoms with Gasteiger partial charge in [-0.15, -0.1) is 0 Å². The predicted octanol–water partition coefficient (Wildman–Crippen LogP) is 2.39. The Balaban J connectivity index is 3.47. The molecule has 3 N–H and O–H groups in total. The van der Waals surface area contributed by atoms with Gasteiger partial charge < -0.3 is 10.8 Å². The number of ketones is 1. The second-order valence-corrected chi connectivity index (χ2v) is 5.27. The molecule has 3 nitrogen and oxygen atoms in total. The van der Waals surface area contributed by atoms with Gasteiger partial charge in [0.2, 0.25) is 0 Å². The monoisotopic (exact) mass is 235 g/mol. The molecule has 0 aliphatic heterocycles. The summed E-state index contributed by atoms with van der Waals surface area (Å²) in [6, 6.07) is 3.70. The number of phenols is 1. The fraction of sp³-hybridized carbons (Fsp3) is 0.500. The van der Waals surface area contributed by atoms with Gasteiger partial charge in [-0.1, -0.05) is 33.8 Å². The van der Waals surface area contributed by atoms with E-state index in [0.717, 1.165) is 17.5 Å². The lowest BCUT2D eigenvalue weighted by molar-refractivity contribution is 0.0998. The summed E-state index contributed by atoms with van der Waals surface area (Å²) in [5.41, 5.74) is 7.36. The molecule has 0 aliphatic rings. The average molecular weight is 235 g/mol. The first kappa shape index (κ1) is 13.7. The van der Waals surface area contributed by atoms with E-state index in [2.05, 4.69) is 0 Å². The van der Waals surface area contributed by atoms with Crippen LogP contribution in [-0.4, -0.2) is 17.4 Å². The number of Topliss-reactive ketones (excluding diaryl/α,β-unsaturated/α-hetero) is 1. The van der Waals surface area contributed by atoms with E-state index in [4.69, 9.17) is 5.73 Å². The highest BCUT2D eigenvalue weighted by atomic mass is 16.3. The van der Waals surface area contributed by atoms with Crippen molar-refractivity contribution in [3.63, 3.8) is 0 Å². The standard InChI is InChI=1S/C14H21NO2/c1-5-9-6-10(12(16)8-15)13(17)11(7-9)14(2,3)4/h6-7,17H,5,8,15H2,1-4H3. The van der Waals surface area contributed by atoms with E-state index < -0.39 is 0 Å². The van der Waals surface area contributed by atoms with Crippen LogP contribution in [-0.2, 0) is 11.8 Å². The van der Waals surface area contributed by atoms with Crippen LogP contribution in [0.1, 0.15) is 49.2 Å². The van der Waals surface area contributed by atoms with Crippen LogP contribution in [0.5, 0.6) is 5.75 Å². The number of hydrogen-bond donors (Lipinski definition) is 2. The predicted molar refractivity (Wildman–Crippen MR) is 69.6 cm³/mol. The first-order valence-corrected chi connectivity index (χ1v) is 5.90. The zero-order chi connectivity index (χ0) is 13.2. The quantitative estimate of drug-likeness (QED) is 0.791. The van der Waals surface area contributed by atoms with Crippen molar-refractivity contribution in [1.29, 1.82) is 0 Å². The number of aryl methyl sites for hydroxylation is 1. The molecule has 94 valence electrons. The van der Waals surface area contributed by atoms with Crippen LogP contribution < -0.4 is 5.73 Å². The molecule has 0 amide bonds. The smallest absolute Gasteiger partial charge is 0.180 e. The number of benzene rings is 1. The van der Waals surface area contributed by atoms with Gasteiger partial charge in [-0.05, 0) is 23.5 Å². The van der Waals surface area contributed by atoms with Gasteiger partial charge in [0.1, 0.15) is 5.75 Å². The number of carbonyl (C=O) groups excluding carboxylic acids is 1. The minimum Gasteiger partial charge on any atom is -0.507 e. The van der Waals surface area contributed by atoms with Gasteiger partial charge >= 0.3 is 0 Å². The molecular formula is C14H21NO2. The molecule has 0 aromatic heterocycles. The summed E-state index contributed by atoms with van der Waals surface area (Å²) in [5, 5.41) is 10.2. The molecule has 17 heavy (non-hydrogen) atoms. The maximum Gasteiger partial charge on any atom is 0.180 e. The van der Waals surface area contributed by atoms with Crippen molar-refractivity contribution in [3.8, 4) is 5.75 Å². The summed E-state index contributed by atoms with van der Waals surface area (Å²) in [6.45, 7) is 7.98. The molecule has 0 atom stereocenters. The van der Waals surface area contributed by atoms with Crippen LogP contribution in [0.4, 0.5) is 0 Å². The maximum atomic E-state index is 11.7. The molecule has 0 saturated heterocycles. The highest BCUT2D eigenvalue weighted by molar-refractivity contribution is 6.00. The Kier molecular flexibility index (Phi) is 3.94. The van der Waals surface area contributed by atoms with E-state index in [9.17, 15) is 9.90 Å². The zero-order valence-electron chi connectivity index (χ0n) is 11.0. The average Bonchev–Trinajstić information content (AvgIpc) is 2.26. The fourth-order valence-corrected chi connectivity index (χ4v) is 1.79. The molecular weight excluding hydrogens is 214 g/mol. The van der Waals surface area contributed by atoms with Crippen LogP contribution in [0.25, 0.3) is 0 Å². The summed E-state index contributed by atoms with van der Waals surface area (Å²) in [7, 11) is 0. The highest BCUT2D eigenvalue weighted by Gasteiger charge is 2.23. The summed E-state index contributed by atoms with van der Waals surface area (Å²) in [4.78, 5) is 11.7. The fourth-order valence-electron chi connectivity index (χ4n) is 1.79. The van der Waals surface area contributed by atoms with Crippen molar-refractivity contribution in [2.75, 3.05) is 6.54 Å². The first-order chi connectivity index (χ1) is 7.81. The Morgan fingerprint density at radius 1 is 1.35 bits per heavy atom. The van der Waals surface area contributed by atoms with Gasteiger partial charge in [0.05, 0.1) is 12.1 Å². The minimum absolute atomic E-state index is 0.0742. The largest absolute Gasteiger partial charge is 0.507 e. The number of aromatic hydroxyl groups is 1. The van der Waals surface area contributed by atoms with Crippen LogP contribution in [0, 0.1) is 0 Å². The summed E-state index contributed by atoms with van der Waals surface area (Å²) >= 11 is 0. The van der Waals surface area contributed by atoms with Gasteiger partial charge in [0, 0.05) is 5.56 Å². The second-order valence-electron chi connectivity index (χ2n) is 5.27. The van der Waals surface area contributed by atoms with E-state index in [-0.39, 0.29) is 23.5 Å². The van der Waals surface area contributed by atoms with Gasteiger partial charge in [-0.25, -0.2) is 0 Å². The molecule has 0 spiro atoms. The minimum atomic E-state index is -0.219. The van der Waals surface area contributed by atoms with Gasteiger partial charge in [-0.3, -0.25) is 4.79 Å². The van der Waals surface area contributed by atoms with Crippen LogP contribution in [0.15, 0.2) is 12.1 Å². The molecule has 0 bridgehead atoms. The second kappa shape index (κ2) is 4.88. The number of phenolic OH excluding ortho intramolecular Hbond substituents is 1. The van der Waals surface area contributed by atoms with E-state index in [0.29, 0.717) is 5.56 Å². The SMILES string of the molecule is CCc1cc(C(=O)CN)c(O)c(C(C)(C)C)c1. The topological polar surface area (TPSA) is 63.3 Å². The third-order valence-corrected chi connectivity index (χ3v) is 2.87. The lowest BCUT2D eigenvalue weighted by atomic mass is 9.83. The van der Waals surface area contributed by atoms with E-state index in [1.807, 2.05) is 33.8 Å². The lowest BCUT2D eigenvalue weighted by Crippen LogP contribution is -2.18. The van der Waals surface area contributed by atoms with Crippen molar-refractivity contribution >= 4 is 5.78 Å². The van der Waals surface area contributed by atoms with E-state index >= 15 is 0 Å². The molecule has 1 rings (SSSR count). The summed E-state index contributed by atoms with van der Waals surface area (Å²) in [6.07, 6.45) is 0.828. The van der Waals surface area contributed by atoms with Crippen molar-refractivity contribution in [2.45, 2.75) is 39.5 Å². The molecule has 0 aliphatic carbocycles. The summed E-state index contributed by atoms with van der Waals surface area (Å²) in [5.74, 6) is -0.145. The maximum absolute atomic E-state index is 11.7. The Morgan fingerprint density at radius 2 is 1.94 bits per heavy atom. The molecule has 1 aromatic carbocycles. The number of rotatable bonds is 3. The molecule has 0 fully saturated rings. The van der Waals surface area contributed by atoms with Crippen molar-refractivity contribution in [3.05, 3.63) is 28.8 Å². The Morgan fingerprint density at radius 3 is 2.35 bits per heavy atom. The molecule has 0 unspecified atom stereocenters. The van der Waals surface area contributed by atoms with Crippen LogP contribution in [0.2, 0.25) is 0 Å². The number of carbonyl (C=O) groups is 1. The van der Waals surface area contributed by atoms with Crippen molar-refractivity contribution < 1.29 is 9.90 Å². The molecule has 3 heteroatoms. The molecule has 0 radical (unpaired) electrons. The summed E-state index contributed by atoms with van der Waals surface area (Å²) < 4.78 is 0. The molecule has 0 saturated carbocycles. The van der Waals surface area contributed by atoms with E-state index in [1.54, 1.807) is 6.07 Å². The molecule has 1 aromatic rings. The first-order valence-electron chi connectivity index (χ1n) is 5.90. The third-order valence-electron chi connectivity index (χ3n) is 2.87. The number of nitrogens with two attached hydrogens (primary N) is 1. The lowest BCUT2D eigenvalue weighted by Gasteiger charge is -2.22. The normalized spacial score (nSPS) is 11.6. The Bertz CT molecular complexity index is 431. The van der Waals surface area contributed by atoms with Gasteiger partial charge in [-0.2, -0.15) is 0 Å². The van der Waals surface area contributed by atoms with Gasteiger partial charge in [0.25, 0.3) is 0 Å². The highest BCUT2D eigenvalue weighted by Crippen LogP contribution is 2.34. The van der Waals surface area contributed by atoms with Crippen LogP contribution >= 0.6 is 0 Å². The van der Waals surface area contributed by atoms with Crippen molar-refractivity contribution in [2.24, 2.45) is 5.73 Å². The van der Waals surface area contributed by atoms with Crippen molar-refractivity contribution in [1.82, 2.24) is 0 Å². The number of hydrogen-bond acceptors (Lipinski definition) is 3. The molecule has 0 heterocycles. The Hall–Kier alpha value is -1.35. The third kappa shape index (κ3) is 2.86. The Labute approximate surface area is 103 Å².